The zero-order chi connectivity index (χ0) is 20.4. The molecule has 0 unspecified atom stereocenters. The smallest absolute Gasteiger partial charge is 0.416 e. The largest absolute Gasteiger partial charge is 0.486 e. The standard InChI is InChI=1S/C21H21F3N2O3/c22-21(23,24)17-4-1-15(2-5-17)14-25-7-9-26(10-8-25)20(27)16-3-6-18-19(13-16)29-12-11-28-18/h1-6,13H,7-12,14H2. The molecule has 0 aliphatic carbocycles. The van der Waals surface area contributed by atoms with E-state index in [1.807, 2.05) is 0 Å². The van der Waals surface area contributed by atoms with Crippen molar-refractivity contribution in [1.29, 1.82) is 0 Å². The third kappa shape index (κ3) is 4.48. The third-order valence-electron chi connectivity index (χ3n) is 5.14. The van der Waals surface area contributed by atoms with Crippen LogP contribution in [0.5, 0.6) is 11.5 Å². The minimum Gasteiger partial charge on any atom is -0.486 e. The monoisotopic (exact) mass is 406 g/mol. The summed E-state index contributed by atoms with van der Waals surface area (Å²) in [6, 6.07) is 10.4. The van der Waals surface area contributed by atoms with Crippen LogP contribution in [0.3, 0.4) is 0 Å². The fourth-order valence-electron chi connectivity index (χ4n) is 3.53. The summed E-state index contributed by atoms with van der Waals surface area (Å²) < 4.78 is 49.0. The third-order valence-corrected chi connectivity index (χ3v) is 5.14. The molecule has 0 atom stereocenters. The fraction of sp³-hybridized carbons (Fsp3) is 0.381. The number of halogens is 3. The van der Waals surface area contributed by atoms with Gasteiger partial charge in [0.15, 0.2) is 11.5 Å². The van der Waals surface area contributed by atoms with E-state index in [2.05, 4.69) is 4.90 Å². The first-order valence-corrected chi connectivity index (χ1v) is 9.47. The van der Waals surface area contributed by atoms with E-state index in [-0.39, 0.29) is 5.91 Å². The summed E-state index contributed by atoms with van der Waals surface area (Å²) in [5, 5.41) is 0. The maximum absolute atomic E-state index is 12.8. The minimum atomic E-state index is -4.32. The Morgan fingerprint density at radius 3 is 2.21 bits per heavy atom. The lowest BCUT2D eigenvalue weighted by Gasteiger charge is -2.35. The van der Waals surface area contributed by atoms with Crippen molar-refractivity contribution < 1.29 is 27.4 Å². The highest BCUT2D eigenvalue weighted by Gasteiger charge is 2.30. The molecule has 1 fully saturated rings. The van der Waals surface area contributed by atoms with Gasteiger partial charge in [0.25, 0.3) is 5.91 Å². The Kier molecular flexibility index (Phi) is 5.36. The van der Waals surface area contributed by atoms with Crippen molar-refractivity contribution in [2.24, 2.45) is 0 Å². The number of nitrogens with zero attached hydrogens (tertiary/aromatic N) is 2. The molecule has 4 rings (SSSR count). The Hall–Kier alpha value is -2.74. The average Bonchev–Trinajstić information content (AvgIpc) is 2.73. The number of hydrogen-bond donors (Lipinski definition) is 0. The Morgan fingerprint density at radius 2 is 1.55 bits per heavy atom. The van der Waals surface area contributed by atoms with Crippen LogP contribution >= 0.6 is 0 Å². The van der Waals surface area contributed by atoms with Gasteiger partial charge in [-0.15, -0.1) is 0 Å². The molecular formula is C21H21F3N2O3. The van der Waals surface area contributed by atoms with Gasteiger partial charge in [-0.1, -0.05) is 12.1 Å². The summed E-state index contributed by atoms with van der Waals surface area (Å²) in [6.45, 7) is 3.98. The summed E-state index contributed by atoms with van der Waals surface area (Å²) in [5.41, 5.74) is 0.742. The summed E-state index contributed by atoms with van der Waals surface area (Å²) in [4.78, 5) is 16.7. The quantitative estimate of drug-likeness (QED) is 0.783. The molecule has 2 aromatic rings. The van der Waals surface area contributed by atoms with Crippen molar-refractivity contribution >= 4 is 5.91 Å². The van der Waals surface area contributed by atoms with E-state index in [9.17, 15) is 18.0 Å². The molecule has 5 nitrogen and oxygen atoms in total. The van der Waals surface area contributed by atoms with Crippen LogP contribution in [-0.2, 0) is 12.7 Å². The number of amides is 1. The molecule has 29 heavy (non-hydrogen) atoms. The summed E-state index contributed by atoms with van der Waals surface area (Å²) in [5.74, 6) is 1.17. The predicted molar refractivity (Wildman–Crippen MR) is 100 cm³/mol. The SMILES string of the molecule is O=C(c1ccc2c(c1)OCCO2)N1CCN(Cc2ccc(C(F)(F)F)cc2)CC1. The zero-order valence-corrected chi connectivity index (χ0v) is 15.7. The summed E-state index contributed by atoms with van der Waals surface area (Å²) in [6.07, 6.45) is -4.32. The normalized spacial score (nSPS) is 17.3. The van der Waals surface area contributed by atoms with E-state index in [0.717, 1.165) is 17.7 Å². The van der Waals surface area contributed by atoms with Crippen LogP contribution < -0.4 is 9.47 Å². The molecule has 0 N–H and O–H groups in total. The number of carbonyl (C=O) groups excluding carboxylic acids is 1. The van der Waals surface area contributed by atoms with Crippen molar-refractivity contribution in [2.75, 3.05) is 39.4 Å². The second-order valence-electron chi connectivity index (χ2n) is 7.12. The lowest BCUT2D eigenvalue weighted by Crippen LogP contribution is -2.48. The van der Waals surface area contributed by atoms with Gasteiger partial charge in [0.05, 0.1) is 5.56 Å². The van der Waals surface area contributed by atoms with Crippen LogP contribution in [-0.4, -0.2) is 55.1 Å². The molecule has 0 radical (unpaired) electrons. The van der Waals surface area contributed by atoms with Gasteiger partial charge in [-0.2, -0.15) is 13.2 Å². The molecule has 0 spiro atoms. The van der Waals surface area contributed by atoms with E-state index in [1.165, 1.54) is 12.1 Å². The molecule has 2 aliphatic heterocycles. The van der Waals surface area contributed by atoms with Gasteiger partial charge in [0, 0.05) is 38.3 Å². The second-order valence-corrected chi connectivity index (χ2v) is 7.12. The van der Waals surface area contributed by atoms with Gasteiger partial charge in [-0.25, -0.2) is 0 Å². The van der Waals surface area contributed by atoms with Crippen molar-refractivity contribution in [2.45, 2.75) is 12.7 Å². The summed E-state index contributed by atoms with van der Waals surface area (Å²) in [7, 11) is 0. The molecule has 2 aliphatic rings. The maximum Gasteiger partial charge on any atom is 0.416 e. The number of alkyl halides is 3. The Bertz CT molecular complexity index is 876. The Balaban J connectivity index is 1.33. The van der Waals surface area contributed by atoms with Gasteiger partial charge in [0.2, 0.25) is 0 Å². The number of rotatable bonds is 3. The van der Waals surface area contributed by atoms with Gasteiger partial charge in [-0.05, 0) is 35.9 Å². The van der Waals surface area contributed by atoms with Gasteiger partial charge in [0.1, 0.15) is 13.2 Å². The lowest BCUT2D eigenvalue weighted by atomic mass is 10.1. The zero-order valence-electron chi connectivity index (χ0n) is 15.7. The fourth-order valence-corrected chi connectivity index (χ4v) is 3.53. The summed E-state index contributed by atoms with van der Waals surface area (Å²) >= 11 is 0. The number of piperazine rings is 1. The van der Waals surface area contributed by atoms with Gasteiger partial charge < -0.3 is 14.4 Å². The first-order chi connectivity index (χ1) is 13.9. The highest BCUT2D eigenvalue weighted by atomic mass is 19.4. The van der Waals surface area contributed by atoms with Crippen molar-refractivity contribution in [3.8, 4) is 11.5 Å². The first-order valence-electron chi connectivity index (χ1n) is 9.47. The van der Waals surface area contributed by atoms with Crippen LogP contribution in [0.2, 0.25) is 0 Å². The van der Waals surface area contributed by atoms with E-state index in [0.29, 0.717) is 63.0 Å². The van der Waals surface area contributed by atoms with Crippen LogP contribution in [0.25, 0.3) is 0 Å². The second kappa shape index (κ2) is 7.94. The first kappa shape index (κ1) is 19.6. The predicted octanol–water partition coefficient (Wildman–Crippen LogP) is 3.43. The van der Waals surface area contributed by atoms with E-state index < -0.39 is 11.7 Å². The van der Waals surface area contributed by atoms with E-state index in [4.69, 9.17) is 9.47 Å². The van der Waals surface area contributed by atoms with Crippen molar-refractivity contribution in [1.82, 2.24) is 9.80 Å². The van der Waals surface area contributed by atoms with Crippen molar-refractivity contribution in [3.05, 3.63) is 59.2 Å². The lowest BCUT2D eigenvalue weighted by molar-refractivity contribution is -0.137. The Labute approximate surface area is 166 Å². The molecule has 0 aromatic heterocycles. The van der Waals surface area contributed by atoms with Crippen LogP contribution in [0.15, 0.2) is 42.5 Å². The van der Waals surface area contributed by atoms with Crippen molar-refractivity contribution in [3.63, 3.8) is 0 Å². The van der Waals surface area contributed by atoms with E-state index in [1.54, 1.807) is 23.1 Å². The number of ether oxygens (including phenoxy) is 2. The topological polar surface area (TPSA) is 42.0 Å². The molecule has 1 amide bonds. The van der Waals surface area contributed by atoms with E-state index >= 15 is 0 Å². The average molecular weight is 406 g/mol. The highest BCUT2D eigenvalue weighted by Crippen LogP contribution is 2.31. The maximum atomic E-state index is 12.8. The number of hydrogen-bond acceptors (Lipinski definition) is 4. The highest BCUT2D eigenvalue weighted by molar-refractivity contribution is 5.95. The Morgan fingerprint density at radius 1 is 0.897 bits per heavy atom. The molecule has 0 bridgehead atoms. The number of fused-ring (bicyclic) bond motifs is 1. The number of carbonyl (C=O) groups is 1. The van der Waals surface area contributed by atoms with Gasteiger partial charge >= 0.3 is 6.18 Å². The molecule has 8 heteroatoms. The minimum absolute atomic E-state index is 0.0591. The van der Waals surface area contributed by atoms with Gasteiger partial charge in [-0.3, -0.25) is 9.69 Å². The molecule has 1 saturated heterocycles. The molecule has 2 aromatic carbocycles. The molecular weight excluding hydrogens is 385 g/mol. The van der Waals surface area contributed by atoms with Crippen LogP contribution in [0, 0.1) is 0 Å². The molecule has 2 heterocycles. The molecule has 154 valence electrons. The van der Waals surface area contributed by atoms with Crippen LogP contribution in [0.4, 0.5) is 13.2 Å². The molecule has 0 saturated carbocycles. The van der Waals surface area contributed by atoms with Crippen LogP contribution in [0.1, 0.15) is 21.5 Å². The number of benzene rings is 2.